The zero-order chi connectivity index (χ0) is 15.5. The zero-order valence-electron chi connectivity index (χ0n) is 12.0. The molecule has 0 saturated carbocycles. The minimum atomic E-state index is -0.515. The lowest BCUT2D eigenvalue weighted by Crippen LogP contribution is -2.35. The van der Waals surface area contributed by atoms with Crippen molar-refractivity contribution < 1.29 is 14.5 Å². The van der Waals surface area contributed by atoms with Gasteiger partial charge in [-0.3, -0.25) is 19.7 Å². The van der Waals surface area contributed by atoms with E-state index in [0.717, 1.165) is 0 Å². The van der Waals surface area contributed by atoms with Crippen molar-refractivity contribution in [2.45, 2.75) is 27.7 Å². The number of rotatable bonds is 4. The number of nitro groups is 1. The van der Waals surface area contributed by atoms with Crippen LogP contribution < -0.4 is 5.32 Å². The molecule has 1 aromatic rings. The average molecular weight is 278 g/mol. The third-order valence-electron chi connectivity index (χ3n) is 2.90. The molecule has 0 fully saturated rings. The van der Waals surface area contributed by atoms with Crippen LogP contribution in [0.25, 0.3) is 0 Å². The van der Waals surface area contributed by atoms with Crippen LogP contribution in [-0.4, -0.2) is 23.2 Å². The van der Waals surface area contributed by atoms with Gasteiger partial charge in [-0.05, 0) is 19.1 Å². The Balaban J connectivity index is 2.77. The molecule has 0 atom stereocenters. The Kier molecular flexibility index (Phi) is 4.60. The second kappa shape index (κ2) is 5.81. The van der Waals surface area contributed by atoms with Gasteiger partial charge in [0, 0.05) is 22.6 Å². The molecule has 1 rings (SSSR count). The van der Waals surface area contributed by atoms with Crippen molar-refractivity contribution in [2.24, 2.45) is 5.41 Å². The fourth-order valence-corrected chi connectivity index (χ4v) is 1.53. The number of amides is 1. The zero-order valence-corrected chi connectivity index (χ0v) is 12.0. The van der Waals surface area contributed by atoms with E-state index in [1.165, 1.54) is 18.2 Å². The van der Waals surface area contributed by atoms with Crippen LogP contribution in [0.4, 0.5) is 5.69 Å². The van der Waals surface area contributed by atoms with Gasteiger partial charge in [-0.15, -0.1) is 0 Å². The number of carbonyl (C=O) groups is 2. The highest BCUT2D eigenvalue weighted by Crippen LogP contribution is 2.19. The highest BCUT2D eigenvalue weighted by atomic mass is 16.6. The molecule has 1 N–H and O–H groups in total. The van der Waals surface area contributed by atoms with Crippen molar-refractivity contribution in [3.8, 4) is 0 Å². The lowest BCUT2D eigenvalue weighted by atomic mass is 9.91. The van der Waals surface area contributed by atoms with Crippen molar-refractivity contribution in [2.75, 3.05) is 6.54 Å². The maximum absolute atomic E-state index is 11.9. The van der Waals surface area contributed by atoms with Gasteiger partial charge in [-0.1, -0.05) is 20.8 Å². The third kappa shape index (κ3) is 3.88. The summed E-state index contributed by atoms with van der Waals surface area (Å²) in [5, 5.41) is 13.2. The van der Waals surface area contributed by atoms with Crippen LogP contribution >= 0.6 is 0 Å². The van der Waals surface area contributed by atoms with Crippen molar-refractivity contribution in [1.82, 2.24) is 5.32 Å². The number of nitro benzene ring substituents is 1. The molecule has 0 saturated heterocycles. The van der Waals surface area contributed by atoms with E-state index in [2.05, 4.69) is 5.32 Å². The smallest absolute Gasteiger partial charge is 0.272 e. The van der Waals surface area contributed by atoms with Gasteiger partial charge in [-0.2, -0.15) is 0 Å². The van der Waals surface area contributed by atoms with Crippen molar-refractivity contribution >= 4 is 17.4 Å². The summed E-state index contributed by atoms with van der Waals surface area (Å²) in [6.07, 6.45) is 0. The molecule has 0 spiro atoms. The molecule has 0 unspecified atom stereocenters. The van der Waals surface area contributed by atoms with Crippen LogP contribution in [-0.2, 0) is 4.79 Å². The van der Waals surface area contributed by atoms with E-state index >= 15 is 0 Å². The summed E-state index contributed by atoms with van der Waals surface area (Å²) in [5.41, 5.74) is 0.158. The summed E-state index contributed by atoms with van der Waals surface area (Å²) >= 11 is 0. The Morgan fingerprint density at radius 1 is 1.30 bits per heavy atom. The van der Waals surface area contributed by atoms with Gasteiger partial charge in [0.05, 0.1) is 11.5 Å². The predicted molar refractivity (Wildman–Crippen MR) is 74.6 cm³/mol. The number of ketones is 1. The largest absolute Gasteiger partial charge is 0.345 e. The first kappa shape index (κ1) is 15.8. The molecular formula is C14H18N2O4. The van der Waals surface area contributed by atoms with Gasteiger partial charge in [0.25, 0.3) is 11.6 Å². The summed E-state index contributed by atoms with van der Waals surface area (Å²) in [6, 6.07) is 4.10. The quantitative estimate of drug-likeness (QED) is 0.675. The molecule has 0 bridgehead atoms. The highest BCUT2D eigenvalue weighted by molar-refractivity contribution is 5.97. The number of Topliss-reactive ketones (excluding diaryl/α,β-unsaturated/α-hetero) is 1. The maximum Gasteiger partial charge on any atom is 0.272 e. The molecule has 1 aromatic carbocycles. The number of benzene rings is 1. The lowest BCUT2D eigenvalue weighted by molar-refractivity contribution is -0.385. The lowest BCUT2D eigenvalue weighted by Gasteiger charge is -2.16. The van der Waals surface area contributed by atoms with E-state index in [-0.39, 0.29) is 18.0 Å². The van der Waals surface area contributed by atoms with Gasteiger partial charge in [0.1, 0.15) is 0 Å². The van der Waals surface area contributed by atoms with E-state index in [1.807, 2.05) is 0 Å². The van der Waals surface area contributed by atoms with Gasteiger partial charge in [0.15, 0.2) is 5.78 Å². The van der Waals surface area contributed by atoms with Crippen LogP contribution in [0.1, 0.15) is 36.7 Å². The molecule has 1 amide bonds. The molecule has 6 heteroatoms. The van der Waals surface area contributed by atoms with Gasteiger partial charge >= 0.3 is 0 Å². The minimum absolute atomic E-state index is 0.0349. The molecule has 20 heavy (non-hydrogen) atoms. The third-order valence-corrected chi connectivity index (χ3v) is 2.90. The van der Waals surface area contributed by atoms with E-state index < -0.39 is 16.2 Å². The normalized spacial score (nSPS) is 11.0. The Bertz CT molecular complexity index is 559. The predicted octanol–water partition coefficient (Wildman–Crippen LogP) is 2.25. The number of aryl methyl sites for hydroxylation is 1. The van der Waals surface area contributed by atoms with Gasteiger partial charge < -0.3 is 5.32 Å². The standard InChI is InChI=1S/C14H18N2O4/c1-9-7-10(5-6-11(9)16(19)20)13(18)15-8-12(17)14(2,3)4/h5-7H,8H2,1-4H3,(H,15,18). The average Bonchev–Trinajstić information content (AvgIpc) is 2.33. The number of carbonyl (C=O) groups excluding carboxylic acids is 2. The summed E-state index contributed by atoms with van der Waals surface area (Å²) < 4.78 is 0. The second-order valence-electron chi connectivity index (χ2n) is 5.61. The van der Waals surface area contributed by atoms with E-state index in [1.54, 1.807) is 27.7 Å². The van der Waals surface area contributed by atoms with Crippen molar-refractivity contribution in [3.05, 3.63) is 39.4 Å². The SMILES string of the molecule is Cc1cc(C(=O)NCC(=O)C(C)(C)C)ccc1[N+](=O)[O-]. The molecule has 0 aliphatic rings. The van der Waals surface area contributed by atoms with Crippen molar-refractivity contribution in [1.29, 1.82) is 0 Å². The first-order valence-corrected chi connectivity index (χ1v) is 6.19. The highest BCUT2D eigenvalue weighted by Gasteiger charge is 2.22. The van der Waals surface area contributed by atoms with Crippen LogP contribution in [0, 0.1) is 22.5 Å². The van der Waals surface area contributed by atoms with Gasteiger partial charge in [0.2, 0.25) is 0 Å². The number of hydrogen-bond donors (Lipinski definition) is 1. The first-order valence-electron chi connectivity index (χ1n) is 6.19. The minimum Gasteiger partial charge on any atom is -0.345 e. The van der Waals surface area contributed by atoms with Crippen LogP contribution in [0.5, 0.6) is 0 Å². The fraction of sp³-hybridized carbons (Fsp3) is 0.429. The molecular weight excluding hydrogens is 260 g/mol. The second-order valence-corrected chi connectivity index (χ2v) is 5.61. The number of nitrogens with one attached hydrogen (secondary N) is 1. The Morgan fingerprint density at radius 3 is 2.35 bits per heavy atom. The topological polar surface area (TPSA) is 89.3 Å². The molecule has 0 aromatic heterocycles. The summed E-state index contributed by atoms with van der Waals surface area (Å²) in [6.45, 7) is 6.83. The Labute approximate surface area is 117 Å². The van der Waals surface area contributed by atoms with Crippen LogP contribution in [0.2, 0.25) is 0 Å². The molecule has 0 aliphatic heterocycles. The fourth-order valence-electron chi connectivity index (χ4n) is 1.53. The molecule has 108 valence electrons. The van der Waals surface area contributed by atoms with E-state index in [0.29, 0.717) is 11.1 Å². The van der Waals surface area contributed by atoms with Crippen LogP contribution in [0.15, 0.2) is 18.2 Å². The first-order chi connectivity index (χ1) is 9.12. The number of nitrogens with zero attached hydrogens (tertiary/aromatic N) is 1. The summed E-state index contributed by atoms with van der Waals surface area (Å²) in [5.74, 6) is -0.495. The van der Waals surface area contributed by atoms with Crippen molar-refractivity contribution in [3.63, 3.8) is 0 Å². The summed E-state index contributed by atoms with van der Waals surface area (Å²) in [4.78, 5) is 33.8. The van der Waals surface area contributed by atoms with Gasteiger partial charge in [-0.25, -0.2) is 0 Å². The summed E-state index contributed by atoms with van der Waals surface area (Å²) in [7, 11) is 0. The Morgan fingerprint density at radius 2 is 1.90 bits per heavy atom. The molecule has 0 aliphatic carbocycles. The number of hydrogen-bond acceptors (Lipinski definition) is 4. The van der Waals surface area contributed by atoms with Crippen LogP contribution in [0.3, 0.4) is 0 Å². The maximum atomic E-state index is 11.9. The monoisotopic (exact) mass is 278 g/mol. The molecule has 0 heterocycles. The van der Waals surface area contributed by atoms with E-state index in [4.69, 9.17) is 0 Å². The molecule has 6 nitrogen and oxygen atoms in total. The molecule has 0 radical (unpaired) electrons. The Hall–Kier alpha value is -2.24. The van der Waals surface area contributed by atoms with E-state index in [9.17, 15) is 19.7 Å².